The third kappa shape index (κ3) is 3.70. The van der Waals surface area contributed by atoms with Crippen molar-refractivity contribution in [2.24, 2.45) is 0 Å². The highest BCUT2D eigenvalue weighted by Crippen LogP contribution is 2.26. The van der Waals surface area contributed by atoms with Crippen molar-refractivity contribution in [3.8, 4) is 5.75 Å². The molecule has 0 radical (unpaired) electrons. The van der Waals surface area contributed by atoms with Gasteiger partial charge >= 0.3 is 0 Å². The SMILES string of the molecule is Cc1cccc(C)c1OC1CN(C(=O)CCc2ccccn2)C1. The molecule has 120 valence electrons. The molecule has 0 N–H and O–H groups in total. The summed E-state index contributed by atoms with van der Waals surface area (Å²) < 4.78 is 6.05. The van der Waals surface area contributed by atoms with E-state index in [9.17, 15) is 4.79 Å². The summed E-state index contributed by atoms with van der Waals surface area (Å²) in [4.78, 5) is 18.3. The first kappa shape index (κ1) is 15.5. The van der Waals surface area contributed by atoms with Gasteiger partial charge < -0.3 is 9.64 Å². The maximum Gasteiger partial charge on any atom is 0.223 e. The fourth-order valence-corrected chi connectivity index (χ4v) is 2.81. The summed E-state index contributed by atoms with van der Waals surface area (Å²) in [6.07, 6.45) is 3.07. The van der Waals surface area contributed by atoms with Gasteiger partial charge in [-0.3, -0.25) is 9.78 Å². The third-order valence-electron chi connectivity index (χ3n) is 4.22. The summed E-state index contributed by atoms with van der Waals surface area (Å²) in [7, 11) is 0. The number of rotatable bonds is 5. The number of amides is 1. The fraction of sp³-hybridized carbons (Fsp3) is 0.368. The maximum absolute atomic E-state index is 12.2. The monoisotopic (exact) mass is 310 g/mol. The van der Waals surface area contributed by atoms with Gasteiger partial charge in [0.2, 0.25) is 5.91 Å². The predicted octanol–water partition coefficient (Wildman–Crippen LogP) is 2.92. The molecule has 1 aliphatic rings. The highest BCUT2D eigenvalue weighted by molar-refractivity contribution is 5.77. The summed E-state index contributed by atoms with van der Waals surface area (Å²) in [6.45, 7) is 5.46. The van der Waals surface area contributed by atoms with Gasteiger partial charge in [-0.25, -0.2) is 0 Å². The first-order valence-corrected chi connectivity index (χ1v) is 8.04. The maximum atomic E-state index is 12.2. The lowest BCUT2D eigenvalue weighted by molar-refractivity contribution is -0.139. The van der Waals surface area contributed by atoms with E-state index < -0.39 is 0 Å². The van der Waals surface area contributed by atoms with E-state index >= 15 is 0 Å². The average molecular weight is 310 g/mol. The van der Waals surface area contributed by atoms with Crippen molar-refractivity contribution in [3.63, 3.8) is 0 Å². The van der Waals surface area contributed by atoms with E-state index in [0.717, 1.165) is 22.6 Å². The van der Waals surface area contributed by atoms with Crippen molar-refractivity contribution in [2.75, 3.05) is 13.1 Å². The number of aryl methyl sites for hydroxylation is 3. The first-order valence-electron chi connectivity index (χ1n) is 8.04. The van der Waals surface area contributed by atoms with Crippen LogP contribution in [0.1, 0.15) is 23.2 Å². The Bertz CT molecular complexity index is 659. The van der Waals surface area contributed by atoms with Crippen molar-refractivity contribution in [1.29, 1.82) is 0 Å². The minimum Gasteiger partial charge on any atom is -0.486 e. The topological polar surface area (TPSA) is 42.4 Å². The molecule has 1 fully saturated rings. The number of ether oxygens (including phenoxy) is 1. The van der Waals surface area contributed by atoms with Crippen molar-refractivity contribution in [1.82, 2.24) is 9.88 Å². The van der Waals surface area contributed by atoms with Crippen LogP contribution in [0.5, 0.6) is 5.75 Å². The van der Waals surface area contributed by atoms with Gasteiger partial charge in [-0.15, -0.1) is 0 Å². The minimum absolute atomic E-state index is 0.105. The Hall–Kier alpha value is -2.36. The van der Waals surface area contributed by atoms with Gasteiger partial charge in [0, 0.05) is 18.3 Å². The Morgan fingerprint density at radius 1 is 1.17 bits per heavy atom. The summed E-state index contributed by atoms with van der Waals surface area (Å²) in [6, 6.07) is 11.9. The molecule has 4 heteroatoms. The van der Waals surface area contributed by atoms with Crippen LogP contribution in [0.15, 0.2) is 42.6 Å². The number of para-hydroxylation sites is 1. The van der Waals surface area contributed by atoms with Crippen molar-refractivity contribution >= 4 is 5.91 Å². The van der Waals surface area contributed by atoms with Crippen molar-refractivity contribution < 1.29 is 9.53 Å². The molecule has 1 amide bonds. The Labute approximate surface area is 137 Å². The highest BCUT2D eigenvalue weighted by atomic mass is 16.5. The highest BCUT2D eigenvalue weighted by Gasteiger charge is 2.32. The second-order valence-corrected chi connectivity index (χ2v) is 6.08. The molecule has 1 aromatic carbocycles. The quantitative estimate of drug-likeness (QED) is 0.853. The van der Waals surface area contributed by atoms with E-state index in [2.05, 4.69) is 31.0 Å². The van der Waals surface area contributed by atoms with Crippen LogP contribution in [0.25, 0.3) is 0 Å². The number of aromatic nitrogens is 1. The first-order chi connectivity index (χ1) is 11.1. The van der Waals surface area contributed by atoms with Gasteiger partial charge in [-0.1, -0.05) is 24.3 Å². The number of benzene rings is 1. The Kier molecular flexibility index (Phi) is 4.60. The number of carbonyl (C=O) groups excluding carboxylic acids is 1. The van der Waals surface area contributed by atoms with E-state index in [4.69, 9.17) is 4.74 Å². The zero-order valence-electron chi connectivity index (χ0n) is 13.7. The van der Waals surface area contributed by atoms with Gasteiger partial charge in [0.1, 0.15) is 11.9 Å². The van der Waals surface area contributed by atoms with Crippen LogP contribution < -0.4 is 4.74 Å². The predicted molar refractivity (Wildman–Crippen MR) is 89.5 cm³/mol. The minimum atomic E-state index is 0.105. The smallest absolute Gasteiger partial charge is 0.223 e. The zero-order valence-corrected chi connectivity index (χ0v) is 13.7. The van der Waals surface area contributed by atoms with Gasteiger partial charge in [-0.2, -0.15) is 0 Å². The van der Waals surface area contributed by atoms with Crippen LogP contribution in [0.3, 0.4) is 0 Å². The molecular formula is C19H22N2O2. The van der Waals surface area contributed by atoms with E-state index in [1.54, 1.807) is 6.20 Å². The zero-order chi connectivity index (χ0) is 16.2. The lowest BCUT2D eigenvalue weighted by atomic mass is 10.1. The third-order valence-corrected chi connectivity index (χ3v) is 4.22. The van der Waals surface area contributed by atoms with E-state index in [1.807, 2.05) is 29.2 Å². The molecule has 23 heavy (non-hydrogen) atoms. The molecule has 0 unspecified atom stereocenters. The van der Waals surface area contributed by atoms with E-state index in [-0.39, 0.29) is 12.0 Å². The van der Waals surface area contributed by atoms with Crippen LogP contribution in [0.2, 0.25) is 0 Å². The molecule has 1 aromatic heterocycles. The van der Waals surface area contributed by atoms with Gasteiger partial charge in [0.05, 0.1) is 13.1 Å². The molecule has 0 spiro atoms. The van der Waals surface area contributed by atoms with E-state index in [1.165, 1.54) is 0 Å². The summed E-state index contributed by atoms with van der Waals surface area (Å²) in [5, 5.41) is 0. The van der Waals surface area contributed by atoms with E-state index in [0.29, 0.717) is 25.9 Å². The molecular weight excluding hydrogens is 288 g/mol. The number of nitrogens with zero attached hydrogens (tertiary/aromatic N) is 2. The number of hydrogen-bond donors (Lipinski definition) is 0. The second kappa shape index (κ2) is 6.82. The molecule has 0 atom stereocenters. The Morgan fingerprint density at radius 3 is 2.57 bits per heavy atom. The molecule has 2 aromatic rings. The van der Waals surface area contributed by atoms with Crippen molar-refractivity contribution in [3.05, 3.63) is 59.4 Å². The Balaban J connectivity index is 1.46. The lowest BCUT2D eigenvalue weighted by Gasteiger charge is -2.39. The van der Waals surface area contributed by atoms with Crippen LogP contribution in [-0.2, 0) is 11.2 Å². The van der Waals surface area contributed by atoms with Crippen LogP contribution in [0.4, 0.5) is 0 Å². The number of carbonyl (C=O) groups is 1. The van der Waals surface area contributed by atoms with Gasteiger partial charge in [0.15, 0.2) is 0 Å². The molecule has 0 aliphatic carbocycles. The normalized spacial score (nSPS) is 14.4. The molecule has 2 heterocycles. The van der Waals surface area contributed by atoms with Gasteiger partial charge in [-0.05, 0) is 43.5 Å². The number of pyridine rings is 1. The van der Waals surface area contributed by atoms with Crippen LogP contribution >= 0.6 is 0 Å². The molecule has 1 saturated heterocycles. The molecule has 3 rings (SSSR count). The molecule has 0 bridgehead atoms. The van der Waals surface area contributed by atoms with Crippen LogP contribution in [0, 0.1) is 13.8 Å². The number of likely N-dealkylation sites (tertiary alicyclic amines) is 1. The molecule has 0 saturated carbocycles. The van der Waals surface area contributed by atoms with Crippen LogP contribution in [-0.4, -0.2) is 35.0 Å². The summed E-state index contributed by atoms with van der Waals surface area (Å²) in [5.41, 5.74) is 3.25. The summed E-state index contributed by atoms with van der Waals surface area (Å²) >= 11 is 0. The standard InChI is InChI=1S/C19H22N2O2/c1-14-6-5-7-15(2)19(14)23-17-12-21(13-17)18(22)10-9-16-8-3-4-11-20-16/h3-8,11,17H,9-10,12-13H2,1-2H3. The second-order valence-electron chi connectivity index (χ2n) is 6.08. The summed E-state index contributed by atoms with van der Waals surface area (Å²) in [5.74, 6) is 1.13. The lowest BCUT2D eigenvalue weighted by Crippen LogP contribution is -2.56. The molecule has 1 aliphatic heterocycles. The largest absolute Gasteiger partial charge is 0.486 e. The number of hydrogen-bond acceptors (Lipinski definition) is 3. The average Bonchev–Trinajstić information content (AvgIpc) is 2.51. The van der Waals surface area contributed by atoms with Crippen molar-refractivity contribution in [2.45, 2.75) is 32.8 Å². The fourth-order valence-electron chi connectivity index (χ4n) is 2.81. The van der Waals surface area contributed by atoms with Gasteiger partial charge in [0.25, 0.3) is 0 Å². The Morgan fingerprint density at radius 2 is 1.91 bits per heavy atom. The molecule has 4 nitrogen and oxygen atoms in total.